The van der Waals surface area contributed by atoms with Crippen LogP contribution in [0, 0.1) is 11.8 Å². The summed E-state index contributed by atoms with van der Waals surface area (Å²) in [6.07, 6.45) is -1.44. The first-order valence-corrected chi connectivity index (χ1v) is 9.09. The molecule has 7 nitrogen and oxygen atoms in total. The van der Waals surface area contributed by atoms with E-state index in [2.05, 4.69) is 0 Å². The lowest BCUT2D eigenvalue weighted by atomic mass is 9.86. The summed E-state index contributed by atoms with van der Waals surface area (Å²) >= 11 is 0. The smallest absolute Gasteiger partial charge is 0.308 e. The van der Waals surface area contributed by atoms with Crippen LogP contribution in [0.1, 0.15) is 60.3 Å². The Morgan fingerprint density at radius 1 is 1.04 bits per heavy atom. The van der Waals surface area contributed by atoms with Crippen molar-refractivity contribution in [3.8, 4) is 0 Å². The zero-order chi connectivity index (χ0) is 19.1. The van der Waals surface area contributed by atoms with Gasteiger partial charge in [-0.15, -0.1) is 0 Å². The van der Waals surface area contributed by atoms with Gasteiger partial charge in [-0.3, -0.25) is 9.59 Å². The Bertz CT molecular complexity index is 439. The molecule has 0 saturated carbocycles. The molecule has 0 aromatic carbocycles. The minimum atomic E-state index is -0.996. The highest BCUT2D eigenvalue weighted by molar-refractivity contribution is 5.71. The fourth-order valence-electron chi connectivity index (χ4n) is 2.90. The van der Waals surface area contributed by atoms with Crippen molar-refractivity contribution in [3.63, 3.8) is 0 Å². The molecule has 1 saturated heterocycles. The highest BCUT2D eigenvalue weighted by atomic mass is 16.7. The van der Waals surface area contributed by atoms with Gasteiger partial charge in [0, 0.05) is 11.8 Å². The number of aliphatic carboxylic acids is 1. The number of hydrogen-bond acceptors (Lipinski definition) is 6. The quantitative estimate of drug-likeness (QED) is 0.608. The number of aliphatic hydroxyl groups is 1. The normalized spacial score (nSPS) is 32.0. The number of ether oxygens (including phenoxy) is 3. The molecule has 0 aliphatic carbocycles. The highest BCUT2D eigenvalue weighted by Crippen LogP contribution is 2.31. The van der Waals surface area contributed by atoms with E-state index in [9.17, 15) is 14.7 Å². The van der Waals surface area contributed by atoms with Gasteiger partial charge in [-0.05, 0) is 19.8 Å². The van der Waals surface area contributed by atoms with E-state index in [1.807, 2.05) is 27.7 Å². The molecule has 25 heavy (non-hydrogen) atoms. The summed E-state index contributed by atoms with van der Waals surface area (Å²) < 4.78 is 17.0. The average Bonchev–Trinajstić information content (AvgIpc) is 2.55. The van der Waals surface area contributed by atoms with E-state index in [0.29, 0.717) is 12.8 Å². The summed E-state index contributed by atoms with van der Waals surface area (Å²) in [5.74, 6) is -1.66. The molecule has 0 bridgehead atoms. The van der Waals surface area contributed by atoms with Crippen molar-refractivity contribution in [2.45, 2.75) is 91.0 Å². The van der Waals surface area contributed by atoms with Gasteiger partial charge in [0.2, 0.25) is 0 Å². The Hall–Kier alpha value is -1.18. The number of carbonyl (C=O) groups excluding carboxylic acids is 1. The number of carboxylic acids is 1. The van der Waals surface area contributed by atoms with E-state index in [-0.39, 0.29) is 30.8 Å². The largest absolute Gasteiger partial charge is 0.481 e. The Morgan fingerprint density at radius 2 is 1.64 bits per heavy atom. The van der Waals surface area contributed by atoms with Crippen LogP contribution in [0.5, 0.6) is 0 Å². The van der Waals surface area contributed by atoms with Crippen LogP contribution in [0.4, 0.5) is 0 Å². The first kappa shape index (κ1) is 21.9. The Balaban J connectivity index is 2.58. The highest BCUT2D eigenvalue weighted by Gasteiger charge is 2.40. The van der Waals surface area contributed by atoms with Gasteiger partial charge >= 0.3 is 11.9 Å². The summed E-state index contributed by atoms with van der Waals surface area (Å²) in [4.78, 5) is 22.8. The van der Waals surface area contributed by atoms with Gasteiger partial charge in [0.25, 0.3) is 0 Å². The van der Waals surface area contributed by atoms with Crippen LogP contribution < -0.4 is 0 Å². The monoisotopic (exact) mass is 360 g/mol. The minimum Gasteiger partial charge on any atom is -0.481 e. The van der Waals surface area contributed by atoms with Gasteiger partial charge in [-0.25, -0.2) is 0 Å². The Morgan fingerprint density at radius 3 is 2.16 bits per heavy atom. The fraction of sp³-hybridized carbons (Fsp3) is 0.889. The molecule has 1 aliphatic rings. The molecule has 0 spiro atoms. The zero-order valence-corrected chi connectivity index (χ0v) is 15.8. The molecule has 146 valence electrons. The van der Waals surface area contributed by atoms with E-state index < -0.39 is 36.5 Å². The van der Waals surface area contributed by atoms with E-state index in [4.69, 9.17) is 19.3 Å². The molecule has 1 heterocycles. The van der Waals surface area contributed by atoms with Crippen LogP contribution in [-0.2, 0) is 23.8 Å². The van der Waals surface area contributed by atoms with Crippen LogP contribution in [0.3, 0.4) is 0 Å². The molecule has 0 radical (unpaired) electrons. The third-order valence-electron chi connectivity index (χ3n) is 4.93. The molecule has 0 aromatic rings. The van der Waals surface area contributed by atoms with Crippen molar-refractivity contribution in [3.05, 3.63) is 0 Å². The lowest BCUT2D eigenvalue weighted by molar-refractivity contribution is -0.272. The molecule has 1 fully saturated rings. The lowest BCUT2D eigenvalue weighted by Crippen LogP contribution is -2.49. The minimum absolute atomic E-state index is 0.0150. The zero-order valence-electron chi connectivity index (χ0n) is 15.8. The van der Waals surface area contributed by atoms with E-state index in [1.165, 1.54) is 0 Å². The van der Waals surface area contributed by atoms with Crippen molar-refractivity contribution in [2.75, 3.05) is 0 Å². The van der Waals surface area contributed by atoms with Crippen LogP contribution in [0.25, 0.3) is 0 Å². The molecule has 1 rings (SSSR count). The lowest BCUT2D eigenvalue weighted by Gasteiger charge is -2.42. The SMILES string of the molecule is CCC(CC(=O)O)OC(=O)CC(CC)OC1OC(C)C(C)C(O)C1C. The molecule has 7 atom stereocenters. The Kier molecular flexibility index (Phi) is 8.82. The maximum Gasteiger partial charge on any atom is 0.308 e. The van der Waals surface area contributed by atoms with E-state index in [1.54, 1.807) is 6.92 Å². The van der Waals surface area contributed by atoms with Crippen LogP contribution in [0.15, 0.2) is 0 Å². The second-order valence-electron chi connectivity index (χ2n) is 6.91. The van der Waals surface area contributed by atoms with Crippen LogP contribution in [-0.4, -0.2) is 52.9 Å². The third-order valence-corrected chi connectivity index (χ3v) is 4.93. The third kappa shape index (κ3) is 6.56. The topological polar surface area (TPSA) is 102 Å². The van der Waals surface area contributed by atoms with Gasteiger partial charge in [0.15, 0.2) is 6.29 Å². The van der Waals surface area contributed by atoms with Crippen LogP contribution in [0.2, 0.25) is 0 Å². The predicted molar refractivity (Wildman–Crippen MR) is 90.9 cm³/mol. The van der Waals surface area contributed by atoms with Crippen LogP contribution >= 0.6 is 0 Å². The number of rotatable bonds is 9. The van der Waals surface area contributed by atoms with Crippen molar-refractivity contribution in [1.29, 1.82) is 0 Å². The summed E-state index contributed by atoms with van der Waals surface area (Å²) in [6, 6.07) is 0. The number of carboxylic acid groups (broad SMARTS) is 1. The molecule has 7 heteroatoms. The average molecular weight is 360 g/mol. The second-order valence-corrected chi connectivity index (χ2v) is 6.91. The molecular weight excluding hydrogens is 328 g/mol. The summed E-state index contributed by atoms with van der Waals surface area (Å²) in [7, 11) is 0. The van der Waals surface area contributed by atoms with Crippen molar-refractivity contribution < 1.29 is 34.0 Å². The van der Waals surface area contributed by atoms with Crippen molar-refractivity contribution >= 4 is 11.9 Å². The maximum absolute atomic E-state index is 12.1. The predicted octanol–water partition coefficient (Wildman–Crippen LogP) is 2.35. The summed E-state index contributed by atoms with van der Waals surface area (Å²) in [5.41, 5.74) is 0. The van der Waals surface area contributed by atoms with Gasteiger partial charge < -0.3 is 24.4 Å². The number of esters is 1. The molecular formula is C18H32O7. The molecule has 0 aromatic heterocycles. The van der Waals surface area contributed by atoms with Crippen molar-refractivity contribution in [1.82, 2.24) is 0 Å². The molecule has 0 amide bonds. The Labute approximate surface area is 149 Å². The number of aliphatic hydroxyl groups excluding tert-OH is 1. The van der Waals surface area contributed by atoms with Gasteiger partial charge in [0.05, 0.1) is 31.2 Å². The van der Waals surface area contributed by atoms with Gasteiger partial charge in [-0.1, -0.05) is 27.7 Å². The maximum atomic E-state index is 12.1. The first-order valence-electron chi connectivity index (χ1n) is 9.09. The van der Waals surface area contributed by atoms with Crippen molar-refractivity contribution in [2.24, 2.45) is 11.8 Å². The second kappa shape index (κ2) is 10.1. The van der Waals surface area contributed by atoms with E-state index in [0.717, 1.165) is 0 Å². The standard InChI is InChI=1S/C18H32O7/c1-6-13(8-15(19)20)24-16(21)9-14(7-2)25-18-11(4)17(22)10(3)12(5)23-18/h10-14,17-18,22H,6-9H2,1-5H3,(H,19,20). The number of carbonyl (C=O) groups is 2. The molecule has 7 unspecified atom stereocenters. The fourth-order valence-corrected chi connectivity index (χ4v) is 2.90. The molecule has 1 aliphatic heterocycles. The van der Waals surface area contributed by atoms with Gasteiger partial charge in [-0.2, -0.15) is 0 Å². The summed E-state index contributed by atoms with van der Waals surface area (Å²) in [5, 5.41) is 19.1. The number of hydrogen-bond donors (Lipinski definition) is 2. The molecule has 2 N–H and O–H groups in total. The van der Waals surface area contributed by atoms with Gasteiger partial charge in [0.1, 0.15) is 6.10 Å². The summed E-state index contributed by atoms with van der Waals surface area (Å²) in [6.45, 7) is 9.36. The van der Waals surface area contributed by atoms with E-state index >= 15 is 0 Å². The first-order chi connectivity index (χ1) is 11.7.